The van der Waals surface area contributed by atoms with E-state index in [4.69, 9.17) is 9.63 Å². The second-order valence-corrected chi connectivity index (χ2v) is 7.00. The average molecular weight is 294 g/mol. The van der Waals surface area contributed by atoms with Crippen LogP contribution >= 0.6 is 0 Å². The van der Waals surface area contributed by atoms with Gasteiger partial charge in [-0.3, -0.25) is 4.79 Å². The molecule has 5 heteroatoms. The highest BCUT2D eigenvalue weighted by Gasteiger charge is 2.26. The summed E-state index contributed by atoms with van der Waals surface area (Å²) in [5, 5.41) is 13.1. The van der Waals surface area contributed by atoms with Crippen LogP contribution in [-0.2, 0) is 11.2 Å². The molecule has 0 bridgehead atoms. The zero-order valence-electron chi connectivity index (χ0n) is 13.1. The minimum Gasteiger partial charge on any atom is -0.481 e. The molecule has 1 heterocycles. The minimum atomic E-state index is -0.792. The number of aromatic nitrogens is 2. The maximum Gasteiger partial charge on any atom is 0.303 e. The van der Waals surface area contributed by atoms with Crippen LogP contribution in [0.3, 0.4) is 0 Å². The summed E-state index contributed by atoms with van der Waals surface area (Å²) in [4.78, 5) is 15.4. The van der Waals surface area contributed by atoms with E-state index in [2.05, 4.69) is 10.1 Å². The molecule has 1 fully saturated rings. The molecule has 5 nitrogen and oxygen atoms in total. The van der Waals surface area contributed by atoms with Crippen molar-refractivity contribution in [1.29, 1.82) is 0 Å². The monoisotopic (exact) mass is 294 g/mol. The SMILES string of the molecule is CC(C)(CC(=O)O)Cc1nc(C2CCCCCCC2)no1. The van der Waals surface area contributed by atoms with Gasteiger partial charge < -0.3 is 9.63 Å². The summed E-state index contributed by atoms with van der Waals surface area (Å²) in [6.07, 6.45) is 9.30. The maximum atomic E-state index is 10.9. The van der Waals surface area contributed by atoms with Crippen molar-refractivity contribution in [2.75, 3.05) is 0 Å². The molecule has 0 saturated heterocycles. The van der Waals surface area contributed by atoms with Gasteiger partial charge in [0.2, 0.25) is 5.89 Å². The number of nitrogens with zero attached hydrogens (tertiary/aromatic N) is 2. The molecule has 118 valence electrons. The van der Waals surface area contributed by atoms with Gasteiger partial charge in [0.1, 0.15) is 0 Å². The molecule has 0 aliphatic heterocycles. The summed E-state index contributed by atoms with van der Waals surface area (Å²) in [7, 11) is 0. The van der Waals surface area contributed by atoms with Crippen molar-refractivity contribution in [1.82, 2.24) is 10.1 Å². The number of hydrogen-bond donors (Lipinski definition) is 1. The zero-order valence-corrected chi connectivity index (χ0v) is 13.1. The van der Waals surface area contributed by atoms with Crippen LogP contribution in [-0.4, -0.2) is 21.2 Å². The van der Waals surface area contributed by atoms with E-state index in [1.807, 2.05) is 13.8 Å². The Morgan fingerprint density at radius 3 is 2.48 bits per heavy atom. The standard InChI is InChI=1S/C16H26N2O3/c1-16(2,11-14(19)20)10-13-17-15(18-21-13)12-8-6-4-3-5-7-9-12/h12H,3-11H2,1-2H3,(H,19,20). The van der Waals surface area contributed by atoms with Gasteiger partial charge in [-0.15, -0.1) is 0 Å². The van der Waals surface area contributed by atoms with E-state index in [9.17, 15) is 4.79 Å². The lowest BCUT2D eigenvalue weighted by Gasteiger charge is -2.19. The van der Waals surface area contributed by atoms with Gasteiger partial charge in [-0.05, 0) is 18.3 Å². The lowest BCUT2D eigenvalue weighted by Crippen LogP contribution is -2.19. The van der Waals surface area contributed by atoms with E-state index in [1.165, 1.54) is 32.1 Å². The van der Waals surface area contributed by atoms with Gasteiger partial charge in [0.05, 0.1) is 6.42 Å². The van der Waals surface area contributed by atoms with Crippen LogP contribution in [0.1, 0.15) is 82.8 Å². The quantitative estimate of drug-likeness (QED) is 0.890. The van der Waals surface area contributed by atoms with Crippen LogP contribution in [0.15, 0.2) is 4.52 Å². The summed E-state index contributed by atoms with van der Waals surface area (Å²) < 4.78 is 5.35. The number of carboxylic acids is 1. The first-order valence-corrected chi connectivity index (χ1v) is 8.00. The highest BCUT2D eigenvalue weighted by molar-refractivity contribution is 5.67. The molecule has 0 radical (unpaired) electrons. The predicted molar refractivity (Wildman–Crippen MR) is 79.1 cm³/mol. The van der Waals surface area contributed by atoms with Crippen LogP contribution in [0.5, 0.6) is 0 Å². The van der Waals surface area contributed by atoms with Crippen LogP contribution in [0.25, 0.3) is 0 Å². The number of carbonyl (C=O) groups is 1. The molecule has 2 rings (SSSR count). The van der Waals surface area contributed by atoms with Crippen LogP contribution in [0, 0.1) is 5.41 Å². The fourth-order valence-corrected chi connectivity index (χ4v) is 3.10. The first kappa shape index (κ1) is 16.0. The Morgan fingerprint density at radius 2 is 1.86 bits per heavy atom. The Hall–Kier alpha value is -1.39. The largest absolute Gasteiger partial charge is 0.481 e. The Kier molecular flexibility index (Phi) is 5.37. The fourth-order valence-electron chi connectivity index (χ4n) is 3.10. The third-order valence-electron chi connectivity index (χ3n) is 4.21. The highest BCUT2D eigenvalue weighted by atomic mass is 16.5. The summed E-state index contributed by atoms with van der Waals surface area (Å²) in [6.45, 7) is 3.83. The molecule has 0 spiro atoms. The van der Waals surface area contributed by atoms with Crippen molar-refractivity contribution < 1.29 is 14.4 Å². The Morgan fingerprint density at radius 1 is 1.24 bits per heavy atom. The van der Waals surface area contributed by atoms with E-state index in [-0.39, 0.29) is 11.8 Å². The van der Waals surface area contributed by atoms with E-state index in [1.54, 1.807) is 0 Å². The summed E-state index contributed by atoms with van der Waals surface area (Å²) in [5.41, 5.74) is -0.365. The van der Waals surface area contributed by atoms with E-state index in [0.29, 0.717) is 18.2 Å². The molecule has 0 aromatic carbocycles. The van der Waals surface area contributed by atoms with Gasteiger partial charge in [0.25, 0.3) is 0 Å². The maximum absolute atomic E-state index is 10.9. The van der Waals surface area contributed by atoms with Crippen LogP contribution in [0.4, 0.5) is 0 Å². The predicted octanol–water partition coefficient (Wildman–Crippen LogP) is 3.94. The van der Waals surface area contributed by atoms with E-state index in [0.717, 1.165) is 18.7 Å². The molecular formula is C16H26N2O3. The Balaban J connectivity index is 1.98. The highest BCUT2D eigenvalue weighted by Crippen LogP contribution is 2.30. The summed E-state index contributed by atoms with van der Waals surface area (Å²) >= 11 is 0. The second kappa shape index (κ2) is 7.05. The molecule has 0 unspecified atom stereocenters. The van der Waals surface area contributed by atoms with Crippen molar-refractivity contribution in [3.8, 4) is 0 Å². The molecular weight excluding hydrogens is 268 g/mol. The van der Waals surface area contributed by atoms with Gasteiger partial charge in [0, 0.05) is 12.3 Å². The first-order valence-electron chi connectivity index (χ1n) is 8.00. The first-order chi connectivity index (χ1) is 9.96. The minimum absolute atomic E-state index is 0.105. The van der Waals surface area contributed by atoms with Crippen LogP contribution in [0.2, 0.25) is 0 Å². The van der Waals surface area contributed by atoms with Gasteiger partial charge in [0.15, 0.2) is 5.82 Å². The molecule has 1 N–H and O–H groups in total. The normalized spacial score (nSPS) is 18.2. The third kappa shape index (κ3) is 5.14. The fraction of sp³-hybridized carbons (Fsp3) is 0.812. The van der Waals surface area contributed by atoms with E-state index < -0.39 is 5.97 Å². The molecule has 1 aliphatic rings. The molecule has 1 saturated carbocycles. The lowest BCUT2D eigenvalue weighted by atomic mass is 9.85. The topological polar surface area (TPSA) is 76.2 Å². The van der Waals surface area contributed by atoms with Gasteiger partial charge in [-0.1, -0.05) is 51.1 Å². The third-order valence-corrected chi connectivity index (χ3v) is 4.21. The average Bonchev–Trinajstić information content (AvgIpc) is 2.73. The smallest absolute Gasteiger partial charge is 0.303 e. The molecule has 1 aromatic heterocycles. The van der Waals surface area contributed by atoms with Gasteiger partial charge in [-0.25, -0.2) is 0 Å². The molecule has 0 amide bonds. The number of carboxylic acid groups (broad SMARTS) is 1. The molecule has 1 aromatic rings. The number of rotatable bonds is 5. The van der Waals surface area contributed by atoms with Crippen molar-refractivity contribution in [2.24, 2.45) is 5.41 Å². The van der Waals surface area contributed by atoms with Crippen molar-refractivity contribution in [3.05, 3.63) is 11.7 Å². The molecule has 1 aliphatic carbocycles. The van der Waals surface area contributed by atoms with E-state index >= 15 is 0 Å². The Labute approximate surface area is 126 Å². The lowest BCUT2D eigenvalue weighted by molar-refractivity contribution is -0.139. The molecule has 0 atom stereocenters. The Bertz CT molecular complexity index is 460. The van der Waals surface area contributed by atoms with Crippen molar-refractivity contribution >= 4 is 5.97 Å². The van der Waals surface area contributed by atoms with Crippen molar-refractivity contribution in [2.45, 2.75) is 77.6 Å². The summed E-state index contributed by atoms with van der Waals surface area (Å²) in [5.74, 6) is 1.00. The molecule has 21 heavy (non-hydrogen) atoms. The second-order valence-electron chi connectivity index (χ2n) is 7.00. The van der Waals surface area contributed by atoms with Crippen molar-refractivity contribution in [3.63, 3.8) is 0 Å². The number of aliphatic carboxylic acids is 1. The zero-order chi connectivity index (χ0) is 15.3. The van der Waals surface area contributed by atoms with Gasteiger partial charge >= 0.3 is 5.97 Å². The van der Waals surface area contributed by atoms with Crippen LogP contribution < -0.4 is 0 Å². The number of hydrogen-bond acceptors (Lipinski definition) is 4. The van der Waals surface area contributed by atoms with Gasteiger partial charge in [-0.2, -0.15) is 4.98 Å². The summed E-state index contributed by atoms with van der Waals surface area (Å²) in [6, 6.07) is 0.